The Kier molecular flexibility index (Phi) is 4.21. The van der Waals surface area contributed by atoms with Crippen LogP contribution >= 0.6 is 11.3 Å². The predicted molar refractivity (Wildman–Crippen MR) is 74.7 cm³/mol. The van der Waals surface area contributed by atoms with E-state index in [4.69, 9.17) is 4.98 Å². The molecule has 0 spiro atoms. The summed E-state index contributed by atoms with van der Waals surface area (Å²) < 4.78 is 0. The lowest BCUT2D eigenvalue weighted by atomic mass is 9.83. The first-order valence-electron chi connectivity index (χ1n) is 6.76. The van der Waals surface area contributed by atoms with E-state index in [1.807, 2.05) is 18.4 Å². The second kappa shape index (κ2) is 5.49. The number of nitrogens with zero attached hydrogens (tertiary/aromatic N) is 1. The zero-order valence-corrected chi connectivity index (χ0v) is 12.2. The molecule has 96 valence electrons. The first-order chi connectivity index (χ1) is 8.11. The Hall–Kier alpha value is -0.410. The highest BCUT2D eigenvalue weighted by Gasteiger charge is 2.24. The molecule has 0 aliphatic heterocycles. The number of thiazole rings is 1. The lowest BCUT2D eigenvalue weighted by Crippen LogP contribution is -2.11. The smallest absolute Gasteiger partial charge is 0.0962 e. The van der Waals surface area contributed by atoms with E-state index in [1.54, 1.807) is 0 Å². The Labute approximate surface area is 109 Å². The Bertz CT molecular complexity index is 364. The molecule has 17 heavy (non-hydrogen) atoms. The molecule has 1 saturated carbocycles. The van der Waals surface area contributed by atoms with Crippen molar-refractivity contribution in [2.75, 3.05) is 7.05 Å². The summed E-state index contributed by atoms with van der Waals surface area (Å²) in [5.41, 5.74) is 1.23. The molecule has 1 unspecified atom stereocenters. The van der Waals surface area contributed by atoms with Crippen molar-refractivity contribution in [1.29, 1.82) is 0 Å². The fraction of sp³-hybridized carbons (Fsp3) is 0.786. The highest BCUT2D eigenvalue weighted by molar-refractivity contribution is 7.11. The van der Waals surface area contributed by atoms with Gasteiger partial charge in [-0.1, -0.05) is 19.8 Å². The zero-order chi connectivity index (χ0) is 12.4. The van der Waals surface area contributed by atoms with Gasteiger partial charge in [0.1, 0.15) is 0 Å². The van der Waals surface area contributed by atoms with E-state index in [0.29, 0.717) is 6.04 Å². The second-order valence-electron chi connectivity index (χ2n) is 5.47. The van der Waals surface area contributed by atoms with Crippen molar-refractivity contribution in [2.45, 2.75) is 58.4 Å². The van der Waals surface area contributed by atoms with Crippen LogP contribution in [0.15, 0.2) is 0 Å². The van der Waals surface area contributed by atoms with Crippen molar-refractivity contribution in [2.24, 2.45) is 5.92 Å². The van der Waals surface area contributed by atoms with Crippen LogP contribution in [0.3, 0.4) is 0 Å². The fourth-order valence-electron chi connectivity index (χ4n) is 2.64. The first-order valence-corrected chi connectivity index (χ1v) is 7.58. The molecule has 1 aromatic heterocycles. The lowest BCUT2D eigenvalue weighted by molar-refractivity contribution is 0.347. The minimum atomic E-state index is 0.434. The predicted octanol–water partition coefficient (Wildman–Crippen LogP) is 4.03. The summed E-state index contributed by atoms with van der Waals surface area (Å²) in [6.45, 7) is 6.74. The SMILES string of the molecule is CNC(C)c1sc(C2CCC(C)CC2)nc1C. The van der Waals surface area contributed by atoms with Gasteiger partial charge in [0.2, 0.25) is 0 Å². The van der Waals surface area contributed by atoms with Crippen LogP contribution in [0, 0.1) is 12.8 Å². The summed E-state index contributed by atoms with van der Waals surface area (Å²) in [6, 6.07) is 0.434. The molecule has 0 amide bonds. The minimum Gasteiger partial charge on any atom is -0.312 e. The molecule has 1 aliphatic carbocycles. The molecule has 1 heterocycles. The molecule has 0 saturated heterocycles. The Morgan fingerprint density at radius 3 is 2.53 bits per heavy atom. The van der Waals surface area contributed by atoms with Crippen LogP contribution < -0.4 is 5.32 Å². The largest absolute Gasteiger partial charge is 0.312 e. The molecule has 0 bridgehead atoms. The lowest BCUT2D eigenvalue weighted by Gasteiger charge is -2.24. The van der Waals surface area contributed by atoms with Crippen molar-refractivity contribution < 1.29 is 0 Å². The van der Waals surface area contributed by atoms with E-state index in [0.717, 1.165) is 11.8 Å². The van der Waals surface area contributed by atoms with Crippen LogP contribution in [0.4, 0.5) is 0 Å². The number of hydrogen-bond acceptors (Lipinski definition) is 3. The summed E-state index contributed by atoms with van der Waals surface area (Å²) >= 11 is 1.93. The van der Waals surface area contributed by atoms with Crippen LogP contribution in [0.5, 0.6) is 0 Å². The number of aromatic nitrogens is 1. The normalized spacial score (nSPS) is 27.1. The van der Waals surface area contributed by atoms with Crippen LogP contribution in [0.25, 0.3) is 0 Å². The average Bonchev–Trinajstić information content (AvgIpc) is 2.71. The van der Waals surface area contributed by atoms with Gasteiger partial charge in [-0.25, -0.2) is 4.98 Å². The molecule has 1 N–H and O–H groups in total. The number of rotatable bonds is 3. The third-order valence-corrected chi connectivity index (χ3v) is 5.54. The van der Waals surface area contributed by atoms with Gasteiger partial charge >= 0.3 is 0 Å². The van der Waals surface area contributed by atoms with Crippen molar-refractivity contribution in [3.8, 4) is 0 Å². The van der Waals surface area contributed by atoms with Gasteiger partial charge in [0.15, 0.2) is 0 Å². The van der Waals surface area contributed by atoms with Crippen molar-refractivity contribution in [3.63, 3.8) is 0 Å². The van der Waals surface area contributed by atoms with Crippen molar-refractivity contribution >= 4 is 11.3 Å². The number of nitrogens with one attached hydrogen (secondary N) is 1. The summed E-state index contributed by atoms with van der Waals surface area (Å²) in [4.78, 5) is 6.22. The maximum Gasteiger partial charge on any atom is 0.0962 e. The molecular weight excluding hydrogens is 228 g/mol. The van der Waals surface area contributed by atoms with E-state index in [1.165, 1.54) is 41.3 Å². The second-order valence-corrected chi connectivity index (χ2v) is 6.53. The van der Waals surface area contributed by atoms with Crippen molar-refractivity contribution in [3.05, 3.63) is 15.6 Å². The summed E-state index contributed by atoms with van der Waals surface area (Å²) in [5, 5.41) is 4.70. The first kappa shape index (κ1) is 13.0. The molecule has 0 radical (unpaired) electrons. The molecule has 1 fully saturated rings. The Morgan fingerprint density at radius 1 is 1.29 bits per heavy atom. The van der Waals surface area contributed by atoms with Gasteiger partial charge in [-0.05, 0) is 39.7 Å². The van der Waals surface area contributed by atoms with E-state index in [2.05, 4.69) is 26.1 Å². The average molecular weight is 252 g/mol. The van der Waals surface area contributed by atoms with Gasteiger partial charge in [-0.3, -0.25) is 0 Å². The maximum absolute atomic E-state index is 4.81. The third kappa shape index (κ3) is 2.89. The monoisotopic (exact) mass is 252 g/mol. The van der Waals surface area contributed by atoms with Gasteiger partial charge in [-0.2, -0.15) is 0 Å². The highest BCUT2D eigenvalue weighted by Crippen LogP contribution is 2.39. The molecule has 0 aromatic carbocycles. The molecular formula is C14H24N2S. The van der Waals surface area contributed by atoms with Crippen LogP contribution in [0.1, 0.15) is 67.1 Å². The summed E-state index contributed by atoms with van der Waals surface area (Å²) in [5.74, 6) is 1.65. The van der Waals surface area contributed by atoms with Gasteiger partial charge in [0.05, 0.1) is 10.7 Å². The highest BCUT2D eigenvalue weighted by atomic mass is 32.1. The van der Waals surface area contributed by atoms with E-state index < -0.39 is 0 Å². The molecule has 1 aromatic rings. The van der Waals surface area contributed by atoms with Crippen LogP contribution in [0.2, 0.25) is 0 Å². The molecule has 3 heteroatoms. The number of aryl methyl sites for hydroxylation is 1. The minimum absolute atomic E-state index is 0.434. The van der Waals surface area contributed by atoms with Gasteiger partial charge in [-0.15, -0.1) is 11.3 Å². The van der Waals surface area contributed by atoms with Gasteiger partial charge in [0.25, 0.3) is 0 Å². The number of hydrogen-bond donors (Lipinski definition) is 1. The summed E-state index contributed by atoms with van der Waals surface area (Å²) in [6.07, 6.45) is 5.42. The van der Waals surface area contributed by atoms with Gasteiger partial charge < -0.3 is 5.32 Å². The quantitative estimate of drug-likeness (QED) is 0.878. The molecule has 1 aliphatic rings. The summed E-state index contributed by atoms with van der Waals surface area (Å²) in [7, 11) is 2.02. The zero-order valence-electron chi connectivity index (χ0n) is 11.4. The molecule has 2 rings (SSSR count). The molecule has 1 atom stereocenters. The maximum atomic E-state index is 4.81. The fourth-order valence-corrected chi connectivity index (χ4v) is 3.94. The van der Waals surface area contributed by atoms with Gasteiger partial charge in [0, 0.05) is 16.8 Å². The Morgan fingerprint density at radius 2 is 1.94 bits per heavy atom. The van der Waals surface area contributed by atoms with Crippen LogP contribution in [-0.2, 0) is 0 Å². The standard InChI is InChI=1S/C14H24N2S/c1-9-5-7-12(8-6-9)14-16-11(3)13(17-14)10(2)15-4/h9-10,12,15H,5-8H2,1-4H3. The molecule has 2 nitrogen and oxygen atoms in total. The van der Waals surface area contributed by atoms with Crippen LogP contribution in [-0.4, -0.2) is 12.0 Å². The van der Waals surface area contributed by atoms with E-state index in [-0.39, 0.29) is 0 Å². The third-order valence-electron chi connectivity index (χ3n) is 4.04. The van der Waals surface area contributed by atoms with Crippen molar-refractivity contribution in [1.82, 2.24) is 10.3 Å². The van der Waals surface area contributed by atoms with E-state index >= 15 is 0 Å². The Balaban J connectivity index is 2.11. The van der Waals surface area contributed by atoms with E-state index in [9.17, 15) is 0 Å². The topological polar surface area (TPSA) is 24.9 Å².